The van der Waals surface area contributed by atoms with Crippen LogP contribution in [-0.4, -0.2) is 51.5 Å². The van der Waals surface area contributed by atoms with Crippen LogP contribution in [0.5, 0.6) is 0 Å². The highest BCUT2D eigenvalue weighted by Crippen LogP contribution is 2.18. The highest BCUT2D eigenvalue weighted by Gasteiger charge is 2.27. The molecule has 0 N–H and O–H groups in total. The molecule has 156 valence electrons. The Balaban J connectivity index is 1.58. The molecule has 0 saturated carbocycles. The molecule has 1 fully saturated rings. The van der Waals surface area contributed by atoms with Crippen LogP contribution in [0, 0.1) is 12.8 Å². The van der Waals surface area contributed by atoms with Gasteiger partial charge in [-0.2, -0.15) is 0 Å². The van der Waals surface area contributed by atoms with Crippen molar-refractivity contribution in [1.82, 2.24) is 19.4 Å². The zero-order chi connectivity index (χ0) is 21.3. The number of benzene rings is 1. The second-order valence-electron chi connectivity index (χ2n) is 8.23. The summed E-state index contributed by atoms with van der Waals surface area (Å²) in [4.78, 5) is 39.0. The number of carbonyl (C=O) groups excluding carboxylic acids is 1. The van der Waals surface area contributed by atoms with Gasteiger partial charge in [-0.1, -0.05) is 31.5 Å². The lowest BCUT2D eigenvalue weighted by Crippen LogP contribution is -2.50. The molecule has 0 aliphatic carbocycles. The van der Waals surface area contributed by atoms with Crippen molar-refractivity contribution in [3.8, 4) is 0 Å². The number of amides is 1. The van der Waals surface area contributed by atoms with Crippen LogP contribution in [0.4, 0.5) is 5.69 Å². The third kappa shape index (κ3) is 3.92. The van der Waals surface area contributed by atoms with Crippen LogP contribution < -0.4 is 10.5 Å². The van der Waals surface area contributed by atoms with E-state index in [4.69, 9.17) is 0 Å². The average Bonchev–Trinajstić information content (AvgIpc) is 2.75. The first-order chi connectivity index (χ1) is 14.4. The van der Waals surface area contributed by atoms with E-state index in [9.17, 15) is 9.59 Å². The third-order valence-electron chi connectivity index (χ3n) is 5.42. The van der Waals surface area contributed by atoms with E-state index in [1.54, 1.807) is 27.8 Å². The first-order valence-corrected chi connectivity index (χ1v) is 10.4. The fourth-order valence-electron chi connectivity index (χ4n) is 3.82. The summed E-state index contributed by atoms with van der Waals surface area (Å²) < 4.78 is 1.59. The van der Waals surface area contributed by atoms with Gasteiger partial charge in [0.1, 0.15) is 5.52 Å². The minimum atomic E-state index is -0.360. The minimum absolute atomic E-state index is 0.0139. The predicted molar refractivity (Wildman–Crippen MR) is 118 cm³/mol. The quantitative estimate of drug-likeness (QED) is 0.667. The fraction of sp³-hybridized carbons (Fsp3) is 0.391. The van der Waals surface area contributed by atoms with E-state index < -0.39 is 0 Å². The number of hydrogen-bond acceptors (Lipinski definition) is 5. The number of aromatic nitrogens is 3. The molecule has 2 aromatic heterocycles. The lowest BCUT2D eigenvalue weighted by molar-refractivity contribution is 0.0738. The molecule has 0 unspecified atom stereocenters. The maximum atomic E-state index is 13.2. The standard InChI is InChI=1S/C23H27N5O2/c1-16(2)15-28-21-19(5-4-10-24-21)25-20(23(28)30)22(29)27-13-11-26(12-14-27)18-8-6-17(3)7-9-18/h4-10,16H,11-15H2,1-3H3. The first kappa shape index (κ1) is 20.1. The maximum Gasteiger partial charge on any atom is 0.283 e. The number of anilines is 1. The van der Waals surface area contributed by atoms with Gasteiger partial charge in [0.25, 0.3) is 11.5 Å². The van der Waals surface area contributed by atoms with Crippen LogP contribution in [0.3, 0.4) is 0 Å². The van der Waals surface area contributed by atoms with Gasteiger partial charge in [0, 0.05) is 44.6 Å². The summed E-state index contributed by atoms with van der Waals surface area (Å²) in [6.07, 6.45) is 1.64. The summed E-state index contributed by atoms with van der Waals surface area (Å²) in [5, 5.41) is 0. The normalized spacial score (nSPS) is 14.5. The molecule has 0 atom stereocenters. The number of piperazine rings is 1. The Labute approximate surface area is 176 Å². The molecule has 1 aliphatic heterocycles. The zero-order valence-electron chi connectivity index (χ0n) is 17.7. The molecule has 7 heteroatoms. The molecule has 4 rings (SSSR count). The molecule has 7 nitrogen and oxygen atoms in total. The number of rotatable bonds is 4. The van der Waals surface area contributed by atoms with Crippen molar-refractivity contribution in [3.05, 3.63) is 64.2 Å². The lowest BCUT2D eigenvalue weighted by Gasteiger charge is -2.36. The molecule has 1 aromatic carbocycles. The van der Waals surface area contributed by atoms with Crippen molar-refractivity contribution in [2.24, 2.45) is 5.92 Å². The topological polar surface area (TPSA) is 71.3 Å². The van der Waals surface area contributed by atoms with Crippen molar-refractivity contribution in [3.63, 3.8) is 0 Å². The van der Waals surface area contributed by atoms with Crippen LogP contribution in [0.1, 0.15) is 29.9 Å². The van der Waals surface area contributed by atoms with Crippen LogP contribution >= 0.6 is 0 Å². The van der Waals surface area contributed by atoms with Gasteiger partial charge in [-0.3, -0.25) is 14.2 Å². The number of carbonyl (C=O) groups is 1. The van der Waals surface area contributed by atoms with Crippen LogP contribution in [0.15, 0.2) is 47.4 Å². The Morgan fingerprint density at radius 2 is 1.77 bits per heavy atom. The number of hydrogen-bond donors (Lipinski definition) is 0. The second kappa shape index (κ2) is 8.26. The van der Waals surface area contributed by atoms with Gasteiger partial charge in [-0.25, -0.2) is 9.97 Å². The van der Waals surface area contributed by atoms with Crippen molar-refractivity contribution >= 4 is 22.8 Å². The monoisotopic (exact) mass is 405 g/mol. The molecule has 1 amide bonds. The van der Waals surface area contributed by atoms with Crippen molar-refractivity contribution in [2.75, 3.05) is 31.1 Å². The summed E-state index contributed by atoms with van der Waals surface area (Å²) in [6, 6.07) is 12.0. The highest BCUT2D eigenvalue weighted by molar-refractivity contribution is 5.93. The van der Waals surface area contributed by atoms with E-state index >= 15 is 0 Å². The molecule has 30 heavy (non-hydrogen) atoms. The maximum absolute atomic E-state index is 13.2. The molecule has 0 radical (unpaired) electrons. The highest BCUT2D eigenvalue weighted by atomic mass is 16.2. The van der Waals surface area contributed by atoms with E-state index in [-0.39, 0.29) is 23.1 Å². The van der Waals surface area contributed by atoms with E-state index in [1.165, 1.54) is 5.56 Å². The molecular formula is C23H27N5O2. The largest absolute Gasteiger partial charge is 0.368 e. The summed E-state index contributed by atoms with van der Waals surface area (Å²) in [6.45, 7) is 9.20. The Hall–Kier alpha value is -3.22. The molecule has 1 aliphatic rings. The van der Waals surface area contributed by atoms with Gasteiger partial charge < -0.3 is 9.80 Å². The van der Waals surface area contributed by atoms with E-state index in [1.807, 2.05) is 13.8 Å². The van der Waals surface area contributed by atoms with Gasteiger partial charge in [-0.05, 0) is 37.1 Å². The summed E-state index contributed by atoms with van der Waals surface area (Å²) >= 11 is 0. The Bertz CT molecular complexity index is 1110. The minimum Gasteiger partial charge on any atom is -0.368 e. The van der Waals surface area contributed by atoms with Gasteiger partial charge >= 0.3 is 0 Å². The van der Waals surface area contributed by atoms with Gasteiger partial charge in [0.2, 0.25) is 0 Å². The molecule has 3 aromatic rings. The Morgan fingerprint density at radius 3 is 2.43 bits per heavy atom. The first-order valence-electron chi connectivity index (χ1n) is 10.4. The van der Waals surface area contributed by atoms with Crippen molar-refractivity contribution in [2.45, 2.75) is 27.3 Å². The Morgan fingerprint density at radius 1 is 1.07 bits per heavy atom. The molecule has 3 heterocycles. The van der Waals surface area contributed by atoms with Crippen LogP contribution in [-0.2, 0) is 6.54 Å². The predicted octanol–water partition coefficient (Wildman–Crippen LogP) is 2.72. The van der Waals surface area contributed by atoms with Crippen LogP contribution in [0.25, 0.3) is 11.2 Å². The number of pyridine rings is 1. The third-order valence-corrected chi connectivity index (χ3v) is 5.42. The van der Waals surface area contributed by atoms with Gasteiger partial charge in [0.05, 0.1) is 0 Å². The van der Waals surface area contributed by atoms with Crippen molar-refractivity contribution < 1.29 is 4.79 Å². The summed E-state index contributed by atoms with van der Waals surface area (Å²) in [7, 11) is 0. The number of nitrogens with zero attached hydrogens (tertiary/aromatic N) is 5. The molecule has 0 spiro atoms. The average molecular weight is 406 g/mol. The second-order valence-corrected chi connectivity index (χ2v) is 8.23. The molecule has 1 saturated heterocycles. The lowest BCUT2D eigenvalue weighted by atomic mass is 10.2. The van der Waals surface area contributed by atoms with Crippen LogP contribution in [0.2, 0.25) is 0 Å². The van der Waals surface area contributed by atoms with Crippen molar-refractivity contribution in [1.29, 1.82) is 0 Å². The Kier molecular flexibility index (Phi) is 5.53. The number of fused-ring (bicyclic) bond motifs is 1. The smallest absolute Gasteiger partial charge is 0.283 e. The zero-order valence-corrected chi connectivity index (χ0v) is 17.7. The van der Waals surface area contributed by atoms with E-state index in [0.29, 0.717) is 30.8 Å². The van der Waals surface area contributed by atoms with E-state index in [2.05, 4.69) is 46.1 Å². The summed E-state index contributed by atoms with van der Waals surface area (Å²) in [5.41, 5.74) is 3.10. The molecule has 0 bridgehead atoms. The molecular weight excluding hydrogens is 378 g/mol. The van der Waals surface area contributed by atoms with Gasteiger partial charge in [0.15, 0.2) is 11.3 Å². The summed E-state index contributed by atoms with van der Waals surface area (Å²) in [5.74, 6) is -0.0527. The SMILES string of the molecule is Cc1ccc(N2CCN(C(=O)c3nc4cccnc4n(CC(C)C)c3=O)CC2)cc1. The number of aryl methyl sites for hydroxylation is 1. The fourth-order valence-corrected chi connectivity index (χ4v) is 3.82. The van der Waals surface area contributed by atoms with Gasteiger partial charge in [-0.15, -0.1) is 0 Å². The van der Waals surface area contributed by atoms with E-state index in [0.717, 1.165) is 18.8 Å².